The van der Waals surface area contributed by atoms with Crippen LogP contribution in [0, 0.1) is 33.7 Å². The van der Waals surface area contributed by atoms with Crippen molar-refractivity contribution >= 4 is 30.3 Å². The van der Waals surface area contributed by atoms with E-state index in [-0.39, 0.29) is 24.2 Å². The maximum atomic E-state index is 14.0. The molecular formula is C24H22BFN2O7. The molecule has 2 N–H and O–H groups in total. The molecule has 3 aliphatic rings. The molecule has 0 aromatic heterocycles. The van der Waals surface area contributed by atoms with Crippen molar-refractivity contribution in [1.82, 2.24) is 0 Å². The van der Waals surface area contributed by atoms with Crippen molar-refractivity contribution in [2.45, 2.75) is 32.3 Å². The van der Waals surface area contributed by atoms with Crippen LogP contribution >= 0.6 is 0 Å². The van der Waals surface area contributed by atoms with Gasteiger partial charge in [-0.2, -0.15) is 0 Å². The number of phenolic OH excluding ortho intramolecular Hbond substituents is 1. The Balaban J connectivity index is 1.54. The maximum absolute atomic E-state index is 14.0. The van der Waals surface area contributed by atoms with Crippen LogP contribution in [0.1, 0.15) is 37.9 Å². The van der Waals surface area contributed by atoms with E-state index in [1.54, 1.807) is 0 Å². The van der Waals surface area contributed by atoms with E-state index in [0.717, 1.165) is 16.5 Å². The number of rotatable bonds is 4. The fourth-order valence-electron chi connectivity index (χ4n) is 5.69. The molecule has 35 heavy (non-hydrogen) atoms. The molecule has 2 aromatic carbocycles. The quantitative estimate of drug-likeness (QED) is 0.297. The third-order valence-electron chi connectivity index (χ3n) is 7.28. The lowest BCUT2D eigenvalue weighted by atomic mass is 9.55. The molecule has 0 bridgehead atoms. The number of aromatic hydroxyl groups is 1. The fraction of sp³-hybridized carbons (Fsp3) is 0.333. The number of allylic oxidation sites excluding steroid dienone is 2. The van der Waals surface area contributed by atoms with Crippen LogP contribution in [0.5, 0.6) is 5.75 Å². The first-order valence-corrected chi connectivity index (χ1v) is 11.4. The van der Waals surface area contributed by atoms with Crippen LogP contribution in [0.4, 0.5) is 15.8 Å². The minimum atomic E-state index is -1.33. The molecule has 2 aromatic rings. The van der Waals surface area contributed by atoms with Gasteiger partial charge in [0.05, 0.1) is 28.6 Å². The van der Waals surface area contributed by atoms with Gasteiger partial charge in [0.25, 0.3) is 5.69 Å². The van der Waals surface area contributed by atoms with Crippen molar-refractivity contribution in [3.05, 3.63) is 75.0 Å². The van der Waals surface area contributed by atoms with E-state index in [2.05, 4.69) is 0 Å². The van der Waals surface area contributed by atoms with E-state index in [4.69, 9.17) is 4.65 Å². The minimum absolute atomic E-state index is 0.132. The molecule has 2 saturated heterocycles. The van der Waals surface area contributed by atoms with Gasteiger partial charge in [-0.25, -0.2) is 9.29 Å². The summed E-state index contributed by atoms with van der Waals surface area (Å²) >= 11 is 0. The lowest BCUT2D eigenvalue weighted by molar-refractivity contribution is -0.384. The fourth-order valence-corrected chi connectivity index (χ4v) is 5.69. The first-order valence-electron chi connectivity index (χ1n) is 11.4. The van der Waals surface area contributed by atoms with Crippen molar-refractivity contribution in [2.24, 2.45) is 17.8 Å². The maximum Gasteiger partial charge on any atom is 0.487 e. The van der Waals surface area contributed by atoms with Crippen molar-refractivity contribution in [3.8, 4) is 5.75 Å². The third-order valence-corrected chi connectivity index (χ3v) is 7.28. The number of non-ortho nitro benzene ring substituents is 1. The zero-order valence-electron chi connectivity index (χ0n) is 18.8. The highest BCUT2D eigenvalue weighted by Crippen LogP contribution is 2.52. The van der Waals surface area contributed by atoms with Gasteiger partial charge >= 0.3 is 7.12 Å². The van der Waals surface area contributed by atoms with E-state index in [0.29, 0.717) is 17.5 Å². The molecular weight excluding hydrogens is 458 g/mol. The number of amides is 2. The van der Waals surface area contributed by atoms with E-state index in [1.807, 2.05) is 6.92 Å². The molecule has 4 atom stereocenters. The number of anilines is 1. The SMILES string of the molecule is CCC1=C2B(O)O[C@H](c3ccc(O)c(F)c3)C[C@H]2[C@H]2C(=O)N(c3cccc([N+](=O)[O-])c3)C(=O)[C@H]2C1. The minimum Gasteiger partial charge on any atom is -0.505 e. The van der Waals surface area contributed by atoms with Gasteiger partial charge < -0.3 is 14.8 Å². The standard InChI is InChI=1S/C24H22BFN2O7/c1-2-12-8-17-21(24(31)27(23(17)30)14-4-3-5-15(10-14)28(33)34)16-11-20(35-25(32)22(12)16)13-6-7-19(29)18(26)9-13/h3-7,9-10,16-17,20-21,29,32H,2,8,11H2,1H3/t16-,17-,20-,21+/m0/s1. The predicted molar refractivity (Wildman–Crippen MR) is 122 cm³/mol. The van der Waals surface area contributed by atoms with Gasteiger partial charge in [0.2, 0.25) is 11.8 Å². The Labute approximate surface area is 200 Å². The van der Waals surface area contributed by atoms with Crippen molar-refractivity contribution in [1.29, 1.82) is 0 Å². The van der Waals surface area contributed by atoms with Crippen LogP contribution in [-0.2, 0) is 14.2 Å². The van der Waals surface area contributed by atoms with Gasteiger partial charge in [-0.05, 0) is 54.4 Å². The zero-order valence-corrected chi connectivity index (χ0v) is 18.8. The Hall–Kier alpha value is -3.57. The molecule has 0 radical (unpaired) electrons. The molecule has 5 rings (SSSR count). The van der Waals surface area contributed by atoms with Crippen LogP contribution in [0.15, 0.2) is 53.5 Å². The van der Waals surface area contributed by atoms with E-state index in [1.165, 1.54) is 36.4 Å². The predicted octanol–water partition coefficient (Wildman–Crippen LogP) is 3.45. The largest absolute Gasteiger partial charge is 0.505 e. The Kier molecular flexibility index (Phi) is 5.69. The first kappa shape index (κ1) is 23.2. The first-order chi connectivity index (χ1) is 16.7. The van der Waals surface area contributed by atoms with Crippen molar-refractivity contribution in [3.63, 3.8) is 0 Å². The summed E-state index contributed by atoms with van der Waals surface area (Å²) in [6.45, 7) is 1.90. The summed E-state index contributed by atoms with van der Waals surface area (Å²) in [4.78, 5) is 38.7. The molecule has 0 saturated carbocycles. The van der Waals surface area contributed by atoms with Gasteiger partial charge in [-0.3, -0.25) is 19.7 Å². The number of imide groups is 1. The average Bonchev–Trinajstić information content (AvgIpc) is 3.09. The second-order valence-corrected chi connectivity index (χ2v) is 9.07. The van der Waals surface area contributed by atoms with Crippen LogP contribution in [0.2, 0.25) is 0 Å². The molecule has 2 amide bonds. The summed E-state index contributed by atoms with van der Waals surface area (Å²) in [7, 11) is -1.33. The number of halogens is 1. The number of hydrogen-bond acceptors (Lipinski definition) is 7. The highest BCUT2D eigenvalue weighted by atomic mass is 19.1. The van der Waals surface area contributed by atoms with Gasteiger partial charge in [0, 0.05) is 12.1 Å². The highest BCUT2D eigenvalue weighted by molar-refractivity contribution is 6.53. The topological polar surface area (TPSA) is 130 Å². The molecule has 1 aliphatic carbocycles. The number of carbonyl (C=O) groups is 2. The zero-order chi connectivity index (χ0) is 25.0. The molecule has 9 nitrogen and oxygen atoms in total. The molecule has 2 fully saturated rings. The summed E-state index contributed by atoms with van der Waals surface area (Å²) in [5.41, 5.74) is 1.70. The Morgan fingerprint density at radius 2 is 1.97 bits per heavy atom. The van der Waals surface area contributed by atoms with Gasteiger partial charge in [-0.15, -0.1) is 0 Å². The summed E-state index contributed by atoms with van der Waals surface area (Å²) in [6.07, 6.45) is 0.289. The number of benzene rings is 2. The summed E-state index contributed by atoms with van der Waals surface area (Å²) < 4.78 is 19.8. The summed E-state index contributed by atoms with van der Waals surface area (Å²) in [5, 5.41) is 31.7. The van der Waals surface area contributed by atoms with E-state index >= 15 is 0 Å². The van der Waals surface area contributed by atoms with Crippen molar-refractivity contribution in [2.75, 3.05) is 4.90 Å². The lowest BCUT2D eigenvalue weighted by Crippen LogP contribution is -2.44. The molecule has 2 heterocycles. The molecule has 2 aliphatic heterocycles. The number of phenols is 1. The number of carbonyl (C=O) groups excluding carboxylic acids is 2. The average molecular weight is 480 g/mol. The number of nitro benzene ring substituents is 1. The Morgan fingerprint density at radius 1 is 1.20 bits per heavy atom. The Morgan fingerprint density at radius 3 is 2.66 bits per heavy atom. The molecule has 11 heteroatoms. The number of nitro groups is 1. The number of fused-ring (bicyclic) bond motifs is 3. The number of hydrogen-bond donors (Lipinski definition) is 2. The highest BCUT2D eigenvalue weighted by Gasteiger charge is 2.58. The molecule has 0 spiro atoms. The van der Waals surface area contributed by atoms with E-state index in [9.17, 15) is 34.2 Å². The summed E-state index contributed by atoms with van der Waals surface area (Å²) in [6, 6.07) is 9.19. The van der Waals surface area contributed by atoms with E-state index < -0.39 is 59.3 Å². The molecule has 0 unspecified atom stereocenters. The summed E-state index contributed by atoms with van der Waals surface area (Å²) in [5.74, 6) is -4.25. The lowest BCUT2D eigenvalue weighted by Gasteiger charge is -2.42. The smallest absolute Gasteiger partial charge is 0.487 e. The van der Waals surface area contributed by atoms with Crippen molar-refractivity contribution < 1.29 is 33.7 Å². The molecule has 180 valence electrons. The van der Waals surface area contributed by atoms with Gasteiger partial charge in [0.15, 0.2) is 11.6 Å². The van der Waals surface area contributed by atoms with Crippen LogP contribution in [-0.4, -0.2) is 34.0 Å². The van der Waals surface area contributed by atoms with Crippen LogP contribution in [0.25, 0.3) is 0 Å². The normalized spacial score (nSPS) is 26.1. The third kappa shape index (κ3) is 3.71. The van der Waals surface area contributed by atoms with Gasteiger partial charge in [-0.1, -0.05) is 24.6 Å². The number of nitrogens with zero attached hydrogens (tertiary/aromatic N) is 2. The van der Waals surface area contributed by atoms with Crippen LogP contribution in [0.3, 0.4) is 0 Å². The van der Waals surface area contributed by atoms with Gasteiger partial charge in [0.1, 0.15) is 0 Å². The second kappa shape index (κ2) is 8.58. The Bertz CT molecular complexity index is 1280. The van der Waals surface area contributed by atoms with Crippen LogP contribution < -0.4 is 4.90 Å². The monoisotopic (exact) mass is 480 g/mol. The second-order valence-electron chi connectivity index (χ2n) is 9.07.